The summed E-state index contributed by atoms with van der Waals surface area (Å²) in [6.45, 7) is 5.00. The molecule has 3 atom stereocenters. The molecule has 0 bridgehead atoms. The van der Waals surface area contributed by atoms with Gasteiger partial charge in [0.05, 0.1) is 0 Å². The first-order valence-corrected chi connectivity index (χ1v) is 7.15. The number of halogens is 1. The second kappa shape index (κ2) is 9.62. The van der Waals surface area contributed by atoms with E-state index in [1.54, 1.807) is 0 Å². The van der Waals surface area contributed by atoms with Gasteiger partial charge in [0.2, 0.25) is 5.91 Å². The molecule has 0 aromatic rings. The zero-order chi connectivity index (χ0) is 12.7. The van der Waals surface area contributed by atoms with Gasteiger partial charge in [-0.2, -0.15) is 0 Å². The molecular weight excluding hydrogens is 248 g/mol. The summed E-state index contributed by atoms with van der Waals surface area (Å²) >= 11 is 0. The second-order valence-electron chi connectivity index (χ2n) is 5.63. The van der Waals surface area contributed by atoms with Crippen molar-refractivity contribution in [3.63, 3.8) is 0 Å². The highest BCUT2D eigenvalue weighted by atomic mass is 35.5. The molecule has 1 aliphatic rings. The number of rotatable bonds is 7. The summed E-state index contributed by atoms with van der Waals surface area (Å²) in [7, 11) is 0. The normalized spacial score (nSPS) is 24.4. The topological polar surface area (TPSA) is 55.1 Å². The first-order chi connectivity index (χ1) is 8.15. The third-order valence-corrected chi connectivity index (χ3v) is 3.83. The fourth-order valence-corrected chi connectivity index (χ4v) is 2.76. The molecule has 1 rings (SSSR count). The van der Waals surface area contributed by atoms with Gasteiger partial charge in [-0.25, -0.2) is 0 Å². The van der Waals surface area contributed by atoms with Gasteiger partial charge in [0, 0.05) is 19.0 Å². The lowest BCUT2D eigenvalue weighted by atomic mass is 10.0. The Morgan fingerprint density at radius 3 is 2.67 bits per heavy atom. The molecular formula is C14H29ClN2O. The third-order valence-electron chi connectivity index (χ3n) is 3.83. The Bertz CT molecular complexity index is 236. The molecule has 108 valence electrons. The molecule has 3 N–H and O–H groups in total. The van der Waals surface area contributed by atoms with Crippen LogP contribution in [0.1, 0.15) is 58.8 Å². The van der Waals surface area contributed by atoms with E-state index in [0.29, 0.717) is 18.9 Å². The van der Waals surface area contributed by atoms with Crippen molar-refractivity contribution in [1.82, 2.24) is 5.32 Å². The van der Waals surface area contributed by atoms with Crippen LogP contribution in [0.5, 0.6) is 0 Å². The van der Waals surface area contributed by atoms with Crippen molar-refractivity contribution in [1.29, 1.82) is 0 Å². The van der Waals surface area contributed by atoms with Crippen molar-refractivity contribution in [2.24, 2.45) is 17.6 Å². The Balaban J connectivity index is 0.00000289. The van der Waals surface area contributed by atoms with E-state index in [2.05, 4.69) is 19.2 Å². The Morgan fingerprint density at radius 1 is 1.44 bits per heavy atom. The van der Waals surface area contributed by atoms with Crippen LogP contribution in [0, 0.1) is 11.8 Å². The van der Waals surface area contributed by atoms with Gasteiger partial charge in [-0.1, -0.05) is 33.1 Å². The van der Waals surface area contributed by atoms with E-state index < -0.39 is 0 Å². The number of carbonyl (C=O) groups is 1. The number of amides is 1. The summed E-state index contributed by atoms with van der Waals surface area (Å²) in [5.41, 5.74) is 5.68. The predicted molar refractivity (Wildman–Crippen MR) is 78.9 cm³/mol. The minimum atomic E-state index is 0. The fourth-order valence-electron chi connectivity index (χ4n) is 2.76. The highest BCUT2D eigenvalue weighted by Gasteiger charge is 2.24. The molecule has 1 saturated carbocycles. The van der Waals surface area contributed by atoms with Crippen LogP contribution >= 0.6 is 12.4 Å². The maximum absolute atomic E-state index is 11.9. The minimum absolute atomic E-state index is 0. The van der Waals surface area contributed by atoms with Crippen LogP contribution in [0.4, 0.5) is 0 Å². The largest absolute Gasteiger partial charge is 0.352 e. The molecule has 3 unspecified atom stereocenters. The summed E-state index contributed by atoms with van der Waals surface area (Å²) < 4.78 is 0. The van der Waals surface area contributed by atoms with E-state index in [1.807, 2.05) is 0 Å². The van der Waals surface area contributed by atoms with Crippen molar-refractivity contribution in [3.05, 3.63) is 0 Å². The molecule has 0 aromatic heterocycles. The molecule has 1 aliphatic carbocycles. The molecule has 0 aromatic carbocycles. The SMILES string of the molecule is CCCCC(CN)NC(=O)CC1CCC(C)C1.Cl. The zero-order valence-corrected chi connectivity index (χ0v) is 12.6. The van der Waals surface area contributed by atoms with Crippen LogP contribution < -0.4 is 11.1 Å². The van der Waals surface area contributed by atoms with Crippen molar-refractivity contribution < 1.29 is 4.79 Å². The molecule has 0 heterocycles. The van der Waals surface area contributed by atoms with Crippen molar-refractivity contribution in [2.45, 2.75) is 64.8 Å². The smallest absolute Gasteiger partial charge is 0.220 e. The lowest BCUT2D eigenvalue weighted by Gasteiger charge is -2.18. The fraction of sp³-hybridized carbons (Fsp3) is 0.929. The minimum Gasteiger partial charge on any atom is -0.352 e. The zero-order valence-electron chi connectivity index (χ0n) is 11.8. The van der Waals surface area contributed by atoms with Gasteiger partial charge in [-0.05, 0) is 31.1 Å². The summed E-state index contributed by atoms with van der Waals surface area (Å²) in [5.74, 6) is 1.61. The molecule has 1 fully saturated rings. The average Bonchev–Trinajstić information content (AvgIpc) is 2.69. The van der Waals surface area contributed by atoms with Gasteiger partial charge < -0.3 is 11.1 Å². The molecule has 0 aliphatic heterocycles. The van der Waals surface area contributed by atoms with Gasteiger partial charge in [0.25, 0.3) is 0 Å². The predicted octanol–water partition coefficient (Wildman–Crippen LogP) is 2.87. The molecule has 0 saturated heterocycles. The van der Waals surface area contributed by atoms with Gasteiger partial charge in [0.1, 0.15) is 0 Å². The van der Waals surface area contributed by atoms with Gasteiger partial charge in [-0.3, -0.25) is 4.79 Å². The molecule has 18 heavy (non-hydrogen) atoms. The third kappa shape index (κ3) is 6.60. The Labute approximate surface area is 118 Å². The molecule has 1 amide bonds. The monoisotopic (exact) mass is 276 g/mol. The van der Waals surface area contributed by atoms with Crippen LogP contribution in [0.2, 0.25) is 0 Å². The Hall–Kier alpha value is -0.280. The first kappa shape index (κ1) is 17.7. The maximum Gasteiger partial charge on any atom is 0.220 e. The number of nitrogens with one attached hydrogen (secondary N) is 1. The Morgan fingerprint density at radius 2 is 2.17 bits per heavy atom. The van der Waals surface area contributed by atoms with E-state index in [4.69, 9.17) is 5.73 Å². The lowest BCUT2D eigenvalue weighted by Crippen LogP contribution is -2.40. The van der Waals surface area contributed by atoms with Crippen molar-refractivity contribution >= 4 is 18.3 Å². The van der Waals surface area contributed by atoms with Crippen LogP contribution in [-0.4, -0.2) is 18.5 Å². The molecule has 3 nitrogen and oxygen atoms in total. The van der Waals surface area contributed by atoms with E-state index in [-0.39, 0.29) is 24.4 Å². The quantitative estimate of drug-likeness (QED) is 0.751. The van der Waals surface area contributed by atoms with E-state index in [9.17, 15) is 4.79 Å². The molecule has 0 spiro atoms. The van der Waals surface area contributed by atoms with Crippen LogP contribution in [-0.2, 0) is 4.79 Å². The number of hydrogen-bond donors (Lipinski definition) is 2. The maximum atomic E-state index is 11.9. The van der Waals surface area contributed by atoms with E-state index in [1.165, 1.54) is 19.3 Å². The first-order valence-electron chi connectivity index (χ1n) is 7.15. The van der Waals surface area contributed by atoms with Gasteiger partial charge in [0.15, 0.2) is 0 Å². The number of hydrogen-bond acceptors (Lipinski definition) is 2. The summed E-state index contributed by atoms with van der Waals surface area (Å²) in [6.07, 6.45) is 7.74. The average molecular weight is 277 g/mol. The summed E-state index contributed by atoms with van der Waals surface area (Å²) in [4.78, 5) is 11.9. The van der Waals surface area contributed by atoms with E-state index >= 15 is 0 Å². The highest BCUT2D eigenvalue weighted by molar-refractivity contribution is 5.85. The van der Waals surface area contributed by atoms with Gasteiger partial charge >= 0.3 is 0 Å². The van der Waals surface area contributed by atoms with Crippen LogP contribution in [0.3, 0.4) is 0 Å². The lowest BCUT2D eigenvalue weighted by molar-refractivity contribution is -0.122. The van der Waals surface area contributed by atoms with Crippen molar-refractivity contribution in [2.75, 3.05) is 6.54 Å². The van der Waals surface area contributed by atoms with Crippen molar-refractivity contribution in [3.8, 4) is 0 Å². The standard InChI is InChI=1S/C14H28N2O.ClH/c1-3-4-5-13(10-15)16-14(17)9-12-7-6-11(2)8-12;/h11-13H,3-10,15H2,1-2H3,(H,16,17);1H. The van der Waals surface area contributed by atoms with Gasteiger partial charge in [-0.15, -0.1) is 12.4 Å². The Kier molecular flexibility index (Phi) is 9.47. The number of unbranched alkanes of at least 4 members (excludes halogenated alkanes) is 1. The summed E-state index contributed by atoms with van der Waals surface area (Å²) in [6, 6.07) is 0.182. The number of carbonyl (C=O) groups excluding carboxylic acids is 1. The number of nitrogens with two attached hydrogens (primary N) is 1. The van der Waals surface area contributed by atoms with Crippen LogP contribution in [0.15, 0.2) is 0 Å². The molecule has 0 radical (unpaired) electrons. The second-order valence-corrected chi connectivity index (χ2v) is 5.63. The van der Waals surface area contributed by atoms with Crippen LogP contribution in [0.25, 0.3) is 0 Å². The summed E-state index contributed by atoms with van der Waals surface area (Å²) in [5, 5.41) is 3.08. The van der Waals surface area contributed by atoms with E-state index in [0.717, 1.165) is 25.2 Å². The molecule has 4 heteroatoms. The highest BCUT2D eigenvalue weighted by Crippen LogP contribution is 2.32.